The number of hydrogen-bond acceptors (Lipinski definition) is 3. The molecular formula is C13H17Cl2N3O. The SMILES string of the molecule is CN1CCCC(N(C)C(=O)c2cc(Cl)ncc2Cl)C1. The molecule has 1 saturated heterocycles. The summed E-state index contributed by atoms with van der Waals surface area (Å²) in [4.78, 5) is 20.3. The van der Waals surface area contributed by atoms with E-state index in [-0.39, 0.29) is 17.1 Å². The Hall–Kier alpha value is -0.840. The van der Waals surface area contributed by atoms with Crippen LogP contribution in [0.3, 0.4) is 0 Å². The molecule has 1 atom stereocenters. The average Bonchev–Trinajstić information content (AvgIpc) is 2.40. The molecule has 1 aliphatic heterocycles. The summed E-state index contributed by atoms with van der Waals surface area (Å²) in [5.41, 5.74) is 0.414. The van der Waals surface area contributed by atoms with Gasteiger partial charge in [0.15, 0.2) is 0 Å². The second kappa shape index (κ2) is 6.07. The molecule has 0 bridgehead atoms. The van der Waals surface area contributed by atoms with E-state index in [9.17, 15) is 4.79 Å². The molecule has 6 heteroatoms. The lowest BCUT2D eigenvalue weighted by molar-refractivity contribution is 0.0644. The number of nitrogens with zero attached hydrogens (tertiary/aromatic N) is 3. The molecule has 2 heterocycles. The van der Waals surface area contributed by atoms with Crippen molar-refractivity contribution in [2.45, 2.75) is 18.9 Å². The van der Waals surface area contributed by atoms with Crippen LogP contribution in [0.5, 0.6) is 0 Å². The van der Waals surface area contributed by atoms with E-state index in [1.54, 1.807) is 4.90 Å². The van der Waals surface area contributed by atoms with E-state index in [1.165, 1.54) is 12.3 Å². The lowest BCUT2D eigenvalue weighted by Gasteiger charge is -2.36. The molecule has 4 nitrogen and oxygen atoms in total. The largest absolute Gasteiger partial charge is 0.337 e. The fourth-order valence-electron chi connectivity index (χ4n) is 2.39. The highest BCUT2D eigenvalue weighted by molar-refractivity contribution is 6.35. The summed E-state index contributed by atoms with van der Waals surface area (Å²) in [5, 5.41) is 0.618. The molecule has 0 aliphatic carbocycles. The Morgan fingerprint density at radius 2 is 2.26 bits per heavy atom. The third-order valence-corrected chi connectivity index (χ3v) is 4.03. The summed E-state index contributed by atoms with van der Waals surface area (Å²) in [6.45, 7) is 1.97. The molecule has 0 spiro atoms. The Labute approximate surface area is 123 Å². The van der Waals surface area contributed by atoms with E-state index in [1.807, 2.05) is 7.05 Å². The quantitative estimate of drug-likeness (QED) is 0.788. The third-order valence-electron chi connectivity index (χ3n) is 3.52. The van der Waals surface area contributed by atoms with Gasteiger partial charge in [-0.05, 0) is 32.5 Å². The number of piperidine rings is 1. The fourth-order valence-corrected chi connectivity index (χ4v) is 2.73. The normalized spacial score (nSPS) is 20.3. The van der Waals surface area contributed by atoms with Gasteiger partial charge < -0.3 is 9.80 Å². The standard InChI is InChI=1S/C13H17Cl2N3O/c1-17-5-3-4-9(8-17)18(2)13(19)10-6-12(15)16-7-11(10)14/h6-7,9H,3-5,8H2,1-2H3. The minimum atomic E-state index is -0.102. The van der Waals surface area contributed by atoms with Gasteiger partial charge in [-0.1, -0.05) is 23.2 Å². The van der Waals surface area contributed by atoms with Crippen molar-refractivity contribution in [3.05, 3.63) is 28.0 Å². The highest BCUT2D eigenvalue weighted by Gasteiger charge is 2.26. The van der Waals surface area contributed by atoms with Crippen molar-refractivity contribution in [3.8, 4) is 0 Å². The molecule has 1 amide bonds. The zero-order valence-electron chi connectivity index (χ0n) is 11.1. The molecule has 104 valence electrons. The maximum atomic E-state index is 12.5. The van der Waals surface area contributed by atoms with Crippen LogP contribution in [0.1, 0.15) is 23.2 Å². The lowest BCUT2D eigenvalue weighted by atomic mass is 10.0. The summed E-state index contributed by atoms with van der Waals surface area (Å²) in [6.07, 6.45) is 3.53. The molecule has 1 fully saturated rings. The number of carbonyl (C=O) groups is 1. The van der Waals surface area contributed by atoms with E-state index in [0.717, 1.165) is 25.9 Å². The van der Waals surface area contributed by atoms with E-state index >= 15 is 0 Å². The van der Waals surface area contributed by atoms with Crippen molar-refractivity contribution in [2.75, 3.05) is 27.2 Å². The number of halogens is 2. The number of pyridine rings is 1. The molecule has 0 saturated carbocycles. The van der Waals surface area contributed by atoms with Crippen LogP contribution in [-0.4, -0.2) is 53.9 Å². The van der Waals surface area contributed by atoms with Crippen LogP contribution in [0.15, 0.2) is 12.3 Å². The van der Waals surface area contributed by atoms with E-state index in [4.69, 9.17) is 23.2 Å². The summed E-state index contributed by atoms with van der Waals surface area (Å²) in [5.74, 6) is -0.102. The van der Waals surface area contributed by atoms with Crippen molar-refractivity contribution < 1.29 is 4.79 Å². The van der Waals surface area contributed by atoms with Crippen LogP contribution >= 0.6 is 23.2 Å². The molecular weight excluding hydrogens is 285 g/mol. The highest BCUT2D eigenvalue weighted by Crippen LogP contribution is 2.22. The van der Waals surface area contributed by atoms with Crippen molar-refractivity contribution in [2.24, 2.45) is 0 Å². The van der Waals surface area contributed by atoms with E-state index < -0.39 is 0 Å². The number of aromatic nitrogens is 1. The van der Waals surface area contributed by atoms with E-state index in [2.05, 4.69) is 16.9 Å². The summed E-state index contributed by atoms with van der Waals surface area (Å²) < 4.78 is 0. The zero-order valence-corrected chi connectivity index (χ0v) is 12.6. The van der Waals surface area contributed by atoms with Gasteiger partial charge in [-0.25, -0.2) is 4.98 Å². The molecule has 0 N–H and O–H groups in total. The van der Waals surface area contributed by atoms with Crippen molar-refractivity contribution in [3.63, 3.8) is 0 Å². The smallest absolute Gasteiger partial charge is 0.255 e. The first-order valence-electron chi connectivity index (χ1n) is 6.26. The van der Waals surface area contributed by atoms with Gasteiger partial charge in [-0.3, -0.25) is 4.79 Å². The minimum Gasteiger partial charge on any atom is -0.337 e. The Morgan fingerprint density at radius 1 is 1.53 bits per heavy atom. The van der Waals surface area contributed by atoms with Gasteiger partial charge in [-0.15, -0.1) is 0 Å². The second-order valence-electron chi connectivity index (χ2n) is 4.96. The molecule has 2 rings (SSSR count). The topological polar surface area (TPSA) is 36.4 Å². The van der Waals surface area contributed by atoms with Gasteiger partial charge in [0.25, 0.3) is 5.91 Å². The molecule has 1 aromatic rings. The zero-order chi connectivity index (χ0) is 14.0. The van der Waals surface area contributed by atoms with Crippen molar-refractivity contribution in [1.82, 2.24) is 14.8 Å². The Bertz CT molecular complexity index is 481. The van der Waals surface area contributed by atoms with Gasteiger partial charge >= 0.3 is 0 Å². The second-order valence-corrected chi connectivity index (χ2v) is 5.76. The van der Waals surface area contributed by atoms with Crippen molar-refractivity contribution >= 4 is 29.1 Å². The monoisotopic (exact) mass is 301 g/mol. The van der Waals surface area contributed by atoms with Crippen LogP contribution < -0.4 is 0 Å². The molecule has 19 heavy (non-hydrogen) atoms. The van der Waals surface area contributed by atoms with Crippen LogP contribution in [0, 0.1) is 0 Å². The van der Waals surface area contributed by atoms with Gasteiger partial charge in [-0.2, -0.15) is 0 Å². The number of amides is 1. The van der Waals surface area contributed by atoms with Crippen LogP contribution in [-0.2, 0) is 0 Å². The molecule has 0 aromatic carbocycles. The number of rotatable bonds is 2. The number of likely N-dealkylation sites (N-methyl/N-ethyl adjacent to an activating group) is 2. The predicted octanol–water partition coefficient (Wildman–Crippen LogP) is 2.55. The first kappa shape index (κ1) is 14.6. The molecule has 1 unspecified atom stereocenters. The van der Waals surface area contributed by atoms with Crippen LogP contribution in [0.4, 0.5) is 0 Å². The Balaban J connectivity index is 2.16. The summed E-state index contributed by atoms with van der Waals surface area (Å²) >= 11 is 11.8. The predicted molar refractivity (Wildman–Crippen MR) is 76.9 cm³/mol. The first-order chi connectivity index (χ1) is 8.99. The number of hydrogen-bond donors (Lipinski definition) is 0. The van der Waals surface area contributed by atoms with Gasteiger partial charge in [0.2, 0.25) is 0 Å². The van der Waals surface area contributed by atoms with Gasteiger partial charge in [0, 0.05) is 25.8 Å². The maximum absolute atomic E-state index is 12.5. The lowest BCUT2D eigenvalue weighted by Crippen LogP contribution is -2.47. The third kappa shape index (κ3) is 3.38. The minimum absolute atomic E-state index is 0.102. The molecule has 1 aromatic heterocycles. The Kier molecular flexibility index (Phi) is 4.66. The summed E-state index contributed by atoms with van der Waals surface area (Å²) in [6, 6.07) is 1.74. The average molecular weight is 302 g/mol. The Morgan fingerprint density at radius 3 is 2.95 bits per heavy atom. The highest BCUT2D eigenvalue weighted by atomic mass is 35.5. The maximum Gasteiger partial charge on any atom is 0.255 e. The molecule has 0 radical (unpaired) electrons. The fraction of sp³-hybridized carbons (Fsp3) is 0.538. The number of carbonyl (C=O) groups excluding carboxylic acids is 1. The van der Waals surface area contributed by atoms with Gasteiger partial charge in [0.05, 0.1) is 10.6 Å². The number of likely N-dealkylation sites (tertiary alicyclic amines) is 1. The van der Waals surface area contributed by atoms with Crippen LogP contribution in [0.2, 0.25) is 10.2 Å². The van der Waals surface area contributed by atoms with Gasteiger partial charge in [0.1, 0.15) is 5.15 Å². The first-order valence-corrected chi connectivity index (χ1v) is 7.01. The van der Waals surface area contributed by atoms with Crippen LogP contribution in [0.25, 0.3) is 0 Å². The molecule has 1 aliphatic rings. The van der Waals surface area contributed by atoms with E-state index in [0.29, 0.717) is 10.6 Å². The summed E-state index contributed by atoms with van der Waals surface area (Å²) in [7, 11) is 3.89. The van der Waals surface area contributed by atoms with Crippen molar-refractivity contribution in [1.29, 1.82) is 0 Å².